The molecule has 2 aromatic carbocycles. The number of ether oxygens (including phenoxy) is 2. The predicted molar refractivity (Wildman–Crippen MR) is 100 cm³/mol. The highest BCUT2D eigenvalue weighted by atomic mass is 19.1. The number of rotatable bonds is 8. The van der Waals surface area contributed by atoms with E-state index in [1.165, 1.54) is 30.2 Å². The van der Waals surface area contributed by atoms with Crippen LogP contribution in [0.4, 0.5) is 4.39 Å². The first-order chi connectivity index (χ1) is 13.0. The second-order valence-corrected chi connectivity index (χ2v) is 6.25. The summed E-state index contributed by atoms with van der Waals surface area (Å²) in [6.07, 6.45) is 0.568. The zero-order valence-corrected chi connectivity index (χ0v) is 15.8. The molecule has 1 amide bonds. The third kappa shape index (κ3) is 5.54. The van der Waals surface area contributed by atoms with Gasteiger partial charge in [0.15, 0.2) is 0 Å². The summed E-state index contributed by atoms with van der Waals surface area (Å²) in [5.74, 6) is -1.20. The van der Waals surface area contributed by atoms with Crippen LogP contribution >= 0.6 is 0 Å². The molecule has 0 aliphatic rings. The van der Waals surface area contributed by atoms with E-state index in [0.717, 1.165) is 11.3 Å². The zero-order valence-electron chi connectivity index (χ0n) is 15.8. The molecule has 0 spiro atoms. The molecule has 0 N–H and O–H groups in total. The summed E-state index contributed by atoms with van der Waals surface area (Å²) in [6.45, 7) is 2.18. The Morgan fingerprint density at radius 3 is 2.33 bits per heavy atom. The number of hydrogen-bond acceptors (Lipinski definition) is 4. The lowest BCUT2D eigenvalue weighted by Crippen LogP contribution is -2.39. The Morgan fingerprint density at radius 1 is 1.07 bits per heavy atom. The van der Waals surface area contributed by atoms with E-state index >= 15 is 0 Å². The van der Waals surface area contributed by atoms with E-state index in [1.54, 1.807) is 20.1 Å². The maximum absolute atomic E-state index is 14.1. The van der Waals surface area contributed by atoms with Crippen LogP contribution in [0.5, 0.6) is 5.75 Å². The molecule has 0 bridgehead atoms. The molecule has 0 radical (unpaired) electrons. The summed E-state index contributed by atoms with van der Waals surface area (Å²) in [5.41, 5.74) is 0.997. The number of esters is 1. The van der Waals surface area contributed by atoms with E-state index in [1.807, 2.05) is 24.3 Å². The van der Waals surface area contributed by atoms with Gasteiger partial charge in [0.1, 0.15) is 11.6 Å². The quantitative estimate of drug-likeness (QED) is 0.666. The van der Waals surface area contributed by atoms with Crippen LogP contribution < -0.4 is 4.74 Å². The number of carbonyl (C=O) groups excluding carboxylic acids is 2. The molecule has 0 aliphatic carbocycles. The fraction of sp³-hybridized carbons (Fsp3) is 0.333. The number of methoxy groups -OCH3 is 2. The molecule has 27 heavy (non-hydrogen) atoms. The number of nitrogens with zero attached hydrogens (tertiary/aromatic N) is 1. The molecule has 0 aliphatic heterocycles. The molecule has 2 aromatic rings. The first-order valence-electron chi connectivity index (χ1n) is 8.70. The highest BCUT2D eigenvalue weighted by Crippen LogP contribution is 2.15. The Kier molecular flexibility index (Phi) is 7.34. The highest BCUT2D eigenvalue weighted by molar-refractivity contribution is 5.94. The number of halogens is 1. The monoisotopic (exact) mass is 373 g/mol. The van der Waals surface area contributed by atoms with E-state index < -0.39 is 23.6 Å². The van der Waals surface area contributed by atoms with Crippen LogP contribution in [0.1, 0.15) is 22.8 Å². The summed E-state index contributed by atoms with van der Waals surface area (Å²) < 4.78 is 23.9. The van der Waals surface area contributed by atoms with Crippen LogP contribution in [0.2, 0.25) is 0 Å². The van der Waals surface area contributed by atoms with Crippen LogP contribution in [-0.4, -0.2) is 44.1 Å². The number of benzene rings is 2. The zero-order chi connectivity index (χ0) is 19.8. The van der Waals surface area contributed by atoms with Crippen molar-refractivity contribution in [3.63, 3.8) is 0 Å². The largest absolute Gasteiger partial charge is 0.497 e. The lowest BCUT2D eigenvalue weighted by Gasteiger charge is -2.25. The average Bonchev–Trinajstić information content (AvgIpc) is 2.70. The van der Waals surface area contributed by atoms with Crippen LogP contribution in [0.25, 0.3) is 0 Å². The topological polar surface area (TPSA) is 55.8 Å². The van der Waals surface area contributed by atoms with Gasteiger partial charge in [-0.05, 0) is 36.2 Å². The van der Waals surface area contributed by atoms with Crippen molar-refractivity contribution >= 4 is 11.9 Å². The van der Waals surface area contributed by atoms with E-state index in [4.69, 9.17) is 9.47 Å². The van der Waals surface area contributed by atoms with Gasteiger partial charge in [0.05, 0.1) is 25.7 Å². The molecule has 5 nitrogen and oxygen atoms in total. The van der Waals surface area contributed by atoms with Crippen molar-refractivity contribution in [1.82, 2.24) is 4.90 Å². The van der Waals surface area contributed by atoms with Gasteiger partial charge in [0.2, 0.25) is 0 Å². The van der Waals surface area contributed by atoms with E-state index in [2.05, 4.69) is 0 Å². The van der Waals surface area contributed by atoms with Gasteiger partial charge in [-0.3, -0.25) is 9.59 Å². The molecule has 1 atom stereocenters. The molecule has 6 heteroatoms. The van der Waals surface area contributed by atoms with E-state index in [0.29, 0.717) is 13.0 Å². The summed E-state index contributed by atoms with van der Waals surface area (Å²) in [4.78, 5) is 26.1. The SMILES string of the molecule is COC(=O)C(C)CN(CCc1ccc(OC)cc1)C(=O)c1ccccc1F. The summed E-state index contributed by atoms with van der Waals surface area (Å²) in [6, 6.07) is 13.3. The lowest BCUT2D eigenvalue weighted by atomic mass is 10.1. The van der Waals surface area contributed by atoms with E-state index in [-0.39, 0.29) is 12.1 Å². The van der Waals surface area contributed by atoms with Crippen LogP contribution in [-0.2, 0) is 16.0 Å². The molecule has 0 fully saturated rings. The van der Waals surface area contributed by atoms with E-state index in [9.17, 15) is 14.0 Å². The molecule has 0 aromatic heterocycles. The first kappa shape index (κ1) is 20.4. The highest BCUT2D eigenvalue weighted by Gasteiger charge is 2.24. The molecule has 0 heterocycles. The number of hydrogen-bond donors (Lipinski definition) is 0. The van der Waals surface area contributed by atoms with Gasteiger partial charge in [0.25, 0.3) is 5.91 Å². The number of carbonyl (C=O) groups is 2. The lowest BCUT2D eigenvalue weighted by molar-refractivity contribution is -0.145. The fourth-order valence-electron chi connectivity index (χ4n) is 2.74. The Hall–Kier alpha value is -2.89. The van der Waals surface area contributed by atoms with Crippen molar-refractivity contribution in [2.75, 3.05) is 27.3 Å². The van der Waals surface area contributed by atoms with Gasteiger partial charge < -0.3 is 14.4 Å². The molecule has 0 saturated heterocycles. The minimum atomic E-state index is -0.581. The van der Waals surface area contributed by atoms with Crippen LogP contribution in [0.3, 0.4) is 0 Å². The second kappa shape index (κ2) is 9.71. The predicted octanol–water partition coefficient (Wildman–Crippen LogP) is 3.33. The Balaban J connectivity index is 2.16. The van der Waals surface area contributed by atoms with Crippen LogP contribution in [0, 0.1) is 11.7 Å². The summed E-state index contributed by atoms with van der Waals surface area (Å²) in [5, 5.41) is 0. The van der Waals surface area contributed by atoms with Gasteiger partial charge in [0, 0.05) is 13.1 Å². The maximum atomic E-state index is 14.1. The average molecular weight is 373 g/mol. The van der Waals surface area contributed by atoms with Crippen LogP contribution in [0.15, 0.2) is 48.5 Å². The molecule has 0 saturated carbocycles. The molecule has 144 valence electrons. The van der Waals surface area contributed by atoms with Gasteiger partial charge in [-0.2, -0.15) is 0 Å². The van der Waals surface area contributed by atoms with Crippen molar-refractivity contribution in [2.45, 2.75) is 13.3 Å². The molecular weight excluding hydrogens is 349 g/mol. The normalized spacial score (nSPS) is 11.6. The minimum Gasteiger partial charge on any atom is -0.497 e. The third-order valence-electron chi connectivity index (χ3n) is 4.32. The Labute approximate surface area is 158 Å². The summed E-state index contributed by atoms with van der Waals surface area (Å²) in [7, 11) is 2.90. The minimum absolute atomic E-state index is 0.00991. The standard InChI is InChI=1S/C21H24FNO4/c1-15(21(25)27-3)14-23(20(24)18-6-4-5-7-19(18)22)13-12-16-8-10-17(26-2)11-9-16/h4-11,15H,12-14H2,1-3H3. The summed E-state index contributed by atoms with van der Waals surface area (Å²) >= 11 is 0. The molecule has 2 rings (SSSR count). The van der Waals surface area contributed by atoms with Crippen molar-refractivity contribution < 1.29 is 23.5 Å². The Bertz CT molecular complexity index is 776. The van der Waals surface area contributed by atoms with Gasteiger partial charge in [-0.1, -0.05) is 31.2 Å². The number of amides is 1. The van der Waals surface area contributed by atoms with Crippen molar-refractivity contribution in [1.29, 1.82) is 0 Å². The molecular formula is C21H24FNO4. The van der Waals surface area contributed by atoms with Gasteiger partial charge >= 0.3 is 5.97 Å². The Morgan fingerprint density at radius 2 is 1.74 bits per heavy atom. The first-order valence-corrected chi connectivity index (χ1v) is 8.70. The van der Waals surface area contributed by atoms with Gasteiger partial charge in [-0.25, -0.2) is 4.39 Å². The molecule has 1 unspecified atom stereocenters. The van der Waals surface area contributed by atoms with Crippen molar-refractivity contribution in [2.24, 2.45) is 5.92 Å². The van der Waals surface area contributed by atoms with Gasteiger partial charge in [-0.15, -0.1) is 0 Å². The second-order valence-electron chi connectivity index (χ2n) is 6.25. The van der Waals surface area contributed by atoms with Crippen molar-refractivity contribution in [3.8, 4) is 5.75 Å². The van der Waals surface area contributed by atoms with Crippen molar-refractivity contribution in [3.05, 3.63) is 65.5 Å². The third-order valence-corrected chi connectivity index (χ3v) is 4.32. The smallest absolute Gasteiger partial charge is 0.310 e. The maximum Gasteiger partial charge on any atom is 0.310 e. The fourth-order valence-corrected chi connectivity index (χ4v) is 2.74.